The highest BCUT2D eigenvalue weighted by molar-refractivity contribution is 5.68. The van der Waals surface area contributed by atoms with Crippen molar-refractivity contribution in [1.82, 2.24) is 0 Å². The minimum absolute atomic E-state index is 0.281. The fourth-order valence-electron chi connectivity index (χ4n) is 2.20. The molecule has 0 aromatic heterocycles. The third-order valence-corrected chi connectivity index (χ3v) is 2.90. The van der Waals surface area contributed by atoms with Crippen LogP contribution in [-0.4, -0.2) is 17.7 Å². The summed E-state index contributed by atoms with van der Waals surface area (Å²) in [6, 6.07) is 2.06. The highest BCUT2D eigenvalue weighted by Crippen LogP contribution is 2.29. The Kier molecular flexibility index (Phi) is 12.7. The minimum Gasteiger partial charge on any atom is -0.481 e. The monoisotopic (exact) mass is 296 g/mol. The van der Waals surface area contributed by atoms with Crippen LogP contribution in [0.15, 0.2) is 6.07 Å². The Balaban J connectivity index is 0. The second-order valence-corrected chi connectivity index (χ2v) is 4.38. The Morgan fingerprint density at radius 1 is 1.10 bits per heavy atom. The molecule has 0 atom stereocenters. The third-order valence-electron chi connectivity index (χ3n) is 2.90. The molecule has 0 saturated carbocycles. The minimum atomic E-state index is -0.943. The van der Waals surface area contributed by atoms with Crippen LogP contribution in [0.5, 0.6) is 5.75 Å². The summed E-state index contributed by atoms with van der Waals surface area (Å²) in [6.07, 6.45) is 2.07. The van der Waals surface area contributed by atoms with E-state index in [1.165, 1.54) is 11.1 Å². The first-order chi connectivity index (χ1) is 9.97. The number of hydrogen-bond acceptors (Lipinski definition) is 2. The fraction of sp³-hybridized carbons (Fsp3) is 0.611. The molecule has 0 aliphatic heterocycles. The summed E-state index contributed by atoms with van der Waals surface area (Å²) in [6.45, 7) is 15.9. The number of benzene rings is 1. The van der Waals surface area contributed by atoms with Gasteiger partial charge in [-0.25, -0.2) is 4.79 Å². The molecule has 0 radical (unpaired) electrons. The van der Waals surface area contributed by atoms with Crippen molar-refractivity contribution in [1.29, 1.82) is 0 Å². The molecule has 0 amide bonds. The topological polar surface area (TPSA) is 46.5 Å². The van der Waals surface area contributed by atoms with Gasteiger partial charge in [0, 0.05) is 0 Å². The van der Waals surface area contributed by atoms with E-state index in [-0.39, 0.29) is 6.61 Å². The van der Waals surface area contributed by atoms with Gasteiger partial charge in [0.05, 0.1) is 0 Å². The van der Waals surface area contributed by atoms with E-state index >= 15 is 0 Å². The maximum absolute atomic E-state index is 10.5. The summed E-state index contributed by atoms with van der Waals surface area (Å²) in [7, 11) is 0. The van der Waals surface area contributed by atoms with Crippen LogP contribution in [0.4, 0.5) is 0 Å². The van der Waals surface area contributed by atoms with Gasteiger partial charge in [0.25, 0.3) is 0 Å². The fourth-order valence-corrected chi connectivity index (χ4v) is 2.20. The molecule has 0 bridgehead atoms. The lowest BCUT2D eigenvalue weighted by molar-refractivity contribution is -0.139. The highest BCUT2D eigenvalue weighted by Gasteiger charge is 2.12. The van der Waals surface area contributed by atoms with Gasteiger partial charge in [0.15, 0.2) is 6.61 Å². The summed E-state index contributed by atoms with van der Waals surface area (Å²) in [5, 5.41) is 8.66. The number of carbonyl (C=O) groups is 1. The van der Waals surface area contributed by atoms with Gasteiger partial charge in [-0.1, -0.05) is 47.1 Å². The van der Waals surface area contributed by atoms with Crippen molar-refractivity contribution >= 4 is 5.97 Å². The zero-order valence-corrected chi connectivity index (χ0v) is 15.0. The predicted octanol–water partition coefficient (Wildman–Crippen LogP) is 5.08. The van der Waals surface area contributed by atoms with Crippen molar-refractivity contribution in [3.63, 3.8) is 0 Å². The first kappa shape index (κ1) is 21.8. The number of hydrogen-bond donors (Lipinski definition) is 1. The van der Waals surface area contributed by atoms with Crippen LogP contribution >= 0.6 is 0 Å². The zero-order chi connectivity index (χ0) is 17.0. The SMILES string of the molecule is CC.CC.CCCc1c(C)cc(C)c(OCC(=O)O)c1C. The molecule has 0 heterocycles. The van der Waals surface area contributed by atoms with E-state index in [0.717, 1.165) is 29.7 Å². The van der Waals surface area contributed by atoms with Crippen LogP contribution in [0.1, 0.15) is 63.3 Å². The lowest BCUT2D eigenvalue weighted by Crippen LogP contribution is -2.12. The number of ether oxygens (including phenoxy) is 1. The lowest BCUT2D eigenvalue weighted by atomic mass is 9.95. The highest BCUT2D eigenvalue weighted by atomic mass is 16.5. The normalized spacial score (nSPS) is 8.95. The molecule has 1 aromatic rings. The van der Waals surface area contributed by atoms with E-state index < -0.39 is 5.97 Å². The van der Waals surface area contributed by atoms with Crippen LogP contribution in [-0.2, 0) is 11.2 Å². The van der Waals surface area contributed by atoms with Gasteiger partial charge >= 0.3 is 5.97 Å². The van der Waals surface area contributed by atoms with Gasteiger partial charge in [0.1, 0.15) is 5.75 Å². The maximum Gasteiger partial charge on any atom is 0.341 e. The maximum atomic E-state index is 10.5. The van der Waals surface area contributed by atoms with Crippen LogP contribution in [0, 0.1) is 20.8 Å². The van der Waals surface area contributed by atoms with E-state index in [4.69, 9.17) is 9.84 Å². The summed E-state index contributed by atoms with van der Waals surface area (Å²) >= 11 is 0. The van der Waals surface area contributed by atoms with Crippen molar-refractivity contribution < 1.29 is 14.6 Å². The number of aliphatic carboxylic acids is 1. The van der Waals surface area contributed by atoms with Crippen molar-refractivity contribution in [2.45, 2.75) is 68.2 Å². The van der Waals surface area contributed by atoms with Gasteiger partial charge in [-0.3, -0.25) is 0 Å². The van der Waals surface area contributed by atoms with Crippen LogP contribution in [0.25, 0.3) is 0 Å². The van der Waals surface area contributed by atoms with Crippen molar-refractivity contribution in [2.24, 2.45) is 0 Å². The Bertz CT molecular complexity index is 423. The molecule has 3 heteroatoms. The third kappa shape index (κ3) is 7.16. The van der Waals surface area contributed by atoms with Crippen LogP contribution in [0.2, 0.25) is 0 Å². The summed E-state index contributed by atoms with van der Waals surface area (Å²) < 4.78 is 5.37. The summed E-state index contributed by atoms with van der Waals surface area (Å²) in [5.41, 5.74) is 4.61. The molecule has 0 unspecified atom stereocenters. The Morgan fingerprint density at radius 2 is 1.62 bits per heavy atom. The molecule has 0 spiro atoms. The van der Waals surface area contributed by atoms with Crippen molar-refractivity contribution in [3.05, 3.63) is 28.3 Å². The standard InChI is InChI=1S/C14H20O3.2C2H6/c1-5-6-12-9(2)7-10(3)14(11(12)4)17-8-13(15)16;2*1-2/h7H,5-6,8H2,1-4H3,(H,15,16);2*1-2H3. The van der Waals surface area contributed by atoms with E-state index in [1.807, 2.05) is 41.5 Å². The molecule has 1 aromatic carbocycles. The molecule has 1 rings (SSSR count). The first-order valence-electron chi connectivity index (χ1n) is 7.91. The second-order valence-electron chi connectivity index (χ2n) is 4.38. The number of aryl methyl sites for hydroxylation is 2. The smallest absolute Gasteiger partial charge is 0.341 e. The van der Waals surface area contributed by atoms with Gasteiger partial charge in [0.2, 0.25) is 0 Å². The van der Waals surface area contributed by atoms with E-state index in [2.05, 4.69) is 19.9 Å². The predicted molar refractivity (Wildman–Crippen MR) is 90.5 cm³/mol. The average molecular weight is 296 g/mol. The lowest BCUT2D eigenvalue weighted by Gasteiger charge is -2.16. The van der Waals surface area contributed by atoms with Crippen molar-refractivity contribution in [2.75, 3.05) is 6.61 Å². The Labute approximate surface area is 130 Å². The molecular formula is C18H32O3. The molecule has 0 saturated heterocycles. The van der Waals surface area contributed by atoms with E-state index in [0.29, 0.717) is 0 Å². The molecule has 0 aliphatic rings. The number of carboxylic acids is 1. The van der Waals surface area contributed by atoms with Gasteiger partial charge in [-0.05, 0) is 49.4 Å². The van der Waals surface area contributed by atoms with Crippen molar-refractivity contribution in [3.8, 4) is 5.75 Å². The molecule has 21 heavy (non-hydrogen) atoms. The molecule has 122 valence electrons. The van der Waals surface area contributed by atoms with E-state index in [9.17, 15) is 4.79 Å². The summed E-state index contributed by atoms with van der Waals surface area (Å²) in [4.78, 5) is 10.5. The van der Waals surface area contributed by atoms with Gasteiger partial charge in [-0.15, -0.1) is 0 Å². The average Bonchev–Trinajstić information content (AvgIpc) is 2.47. The summed E-state index contributed by atoms with van der Waals surface area (Å²) in [5.74, 6) is -0.220. The largest absolute Gasteiger partial charge is 0.481 e. The molecular weight excluding hydrogens is 264 g/mol. The number of carboxylic acid groups (broad SMARTS) is 1. The molecule has 0 fully saturated rings. The number of rotatable bonds is 5. The van der Waals surface area contributed by atoms with Gasteiger partial charge < -0.3 is 9.84 Å². The quantitative estimate of drug-likeness (QED) is 0.824. The first-order valence-corrected chi connectivity index (χ1v) is 7.91. The van der Waals surface area contributed by atoms with Crippen LogP contribution in [0.3, 0.4) is 0 Å². The Morgan fingerprint density at radius 3 is 2.05 bits per heavy atom. The Hall–Kier alpha value is -1.51. The second kappa shape index (κ2) is 12.2. The zero-order valence-electron chi connectivity index (χ0n) is 15.0. The van der Waals surface area contributed by atoms with Gasteiger partial charge in [-0.2, -0.15) is 0 Å². The molecule has 1 N–H and O–H groups in total. The molecule has 0 aliphatic carbocycles. The van der Waals surface area contributed by atoms with E-state index in [1.54, 1.807) is 0 Å². The van der Waals surface area contributed by atoms with Crippen LogP contribution < -0.4 is 4.74 Å². The molecule has 3 nitrogen and oxygen atoms in total.